The van der Waals surface area contributed by atoms with Gasteiger partial charge in [0.05, 0.1) is 11.1 Å². The van der Waals surface area contributed by atoms with Gasteiger partial charge in [0.25, 0.3) is 5.69 Å². The van der Waals surface area contributed by atoms with Crippen molar-refractivity contribution in [2.45, 2.75) is 11.9 Å². The molecule has 0 amide bonds. The molecule has 0 aliphatic carbocycles. The number of nitrogens with two attached hydrogens (primary N) is 1. The van der Waals surface area contributed by atoms with Crippen LogP contribution in [0.2, 0.25) is 0 Å². The van der Waals surface area contributed by atoms with E-state index in [0.29, 0.717) is 11.8 Å². The third-order valence-electron chi connectivity index (χ3n) is 3.12. The second kappa shape index (κ2) is 8.48. The van der Waals surface area contributed by atoms with Crippen LogP contribution in [-0.4, -0.2) is 16.3 Å². The highest BCUT2D eigenvalue weighted by atomic mass is 32.2. The second-order valence-corrected chi connectivity index (χ2v) is 5.98. The van der Waals surface area contributed by atoms with E-state index in [1.807, 2.05) is 30.3 Å². The van der Waals surface area contributed by atoms with Crippen LogP contribution < -0.4 is 5.73 Å². The number of benzene rings is 2. The Morgan fingerprint density at radius 1 is 1.23 bits per heavy atom. The minimum absolute atomic E-state index is 0.106. The highest BCUT2D eigenvalue weighted by molar-refractivity contribution is 8.13. The molecular formula is C16H13F3N4O2S. The first kappa shape index (κ1) is 19.4. The predicted octanol–water partition coefficient (Wildman–Crippen LogP) is 4.20. The number of nitro groups is 1. The van der Waals surface area contributed by atoms with Gasteiger partial charge < -0.3 is 5.73 Å². The molecule has 136 valence electrons. The fourth-order valence-corrected chi connectivity index (χ4v) is 2.54. The van der Waals surface area contributed by atoms with Crippen molar-refractivity contribution in [1.29, 1.82) is 0 Å². The van der Waals surface area contributed by atoms with Crippen LogP contribution >= 0.6 is 11.8 Å². The van der Waals surface area contributed by atoms with Gasteiger partial charge in [0, 0.05) is 17.4 Å². The van der Waals surface area contributed by atoms with Crippen LogP contribution in [0.1, 0.15) is 16.7 Å². The molecule has 2 aromatic rings. The van der Waals surface area contributed by atoms with E-state index in [1.165, 1.54) is 11.8 Å². The maximum Gasteiger partial charge on any atom is 0.422 e. The van der Waals surface area contributed by atoms with Gasteiger partial charge in [0.1, 0.15) is 5.56 Å². The van der Waals surface area contributed by atoms with Crippen molar-refractivity contribution in [3.05, 3.63) is 75.3 Å². The number of nitrogens with zero attached hydrogens (tertiary/aromatic N) is 3. The number of hydrogen-bond acceptors (Lipinski definition) is 5. The van der Waals surface area contributed by atoms with Crippen molar-refractivity contribution in [1.82, 2.24) is 0 Å². The zero-order valence-electron chi connectivity index (χ0n) is 13.2. The van der Waals surface area contributed by atoms with Crippen molar-refractivity contribution >= 4 is 28.8 Å². The smallest absolute Gasteiger partial charge is 0.377 e. The molecule has 0 radical (unpaired) electrons. The van der Waals surface area contributed by atoms with Gasteiger partial charge in [0.2, 0.25) is 0 Å². The average molecular weight is 382 g/mol. The number of nitro benzene ring substituents is 1. The van der Waals surface area contributed by atoms with Crippen LogP contribution in [0.4, 0.5) is 18.9 Å². The molecule has 0 atom stereocenters. The zero-order chi connectivity index (χ0) is 19.2. The Labute approximate surface area is 150 Å². The summed E-state index contributed by atoms with van der Waals surface area (Å²) in [5.41, 5.74) is 4.47. The normalized spacial score (nSPS) is 12.5. The van der Waals surface area contributed by atoms with Gasteiger partial charge in [-0.25, -0.2) is 0 Å². The summed E-state index contributed by atoms with van der Waals surface area (Å²) in [4.78, 5) is 9.74. The van der Waals surface area contributed by atoms with Crippen LogP contribution in [-0.2, 0) is 11.9 Å². The summed E-state index contributed by atoms with van der Waals surface area (Å²) in [7, 11) is 0. The Morgan fingerprint density at radius 2 is 1.92 bits per heavy atom. The predicted molar refractivity (Wildman–Crippen MR) is 95.1 cm³/mol. The number of alkyl halides is 3. The largest absolute Gasteiger partial charge is 0.422 e. The lowest BCUT2D eigenvalue weighted by Crippen LogP contribution is -2.09. The van der Waals surface area contributed by atoms with Gasteiger partial charge in [-0.1, -0.05) is 48.2 Å². The first-order chi connectivity index (χ1) is 12.3. The number of halogens is 3. The molecule has 0 aliphatic heterocycles. The summed E-state index contributed by atoms with van der Waals surface area (Å²) in [6.45, 7) is 0. The van der Waals surface area contributed by atoms with Gasteiger partial charge in [-0.15, -0.1) is 5.10 Å². The standard InChI is InChI=1S/C16H13F3N4O2S/c17-16(18,19)13-7-6-12(8-14(13)23(24)25)9-21-22-15(20)26-10-11-4-2-1-3-5-11/h1-9H,10H2,(H2,20,22). The molecule has 0 spiro atoms. The van der Waals surface area contributed by atoms with Crippen molar-refractivity contribution in [2.24, 2.45) is 15.9 Å². The molecule has 0 bridgehead atoms. The minimum atomic E-state index is -4.81. The second-order valence-electron chi connectivity index (χ2n) is 4.99. The van der Waals surface area contributed by atoms with Crippen LogP contribution in [0.5, 0.6) is 0 Å². The van der Waals surface area contributed by atoms with E-state index in [1.54, 1.807) is 0 Å². The summed E-state index contributed by atoms with van der Waals surface area (Å²) < 4.78 is 38.2. The van der Waals surface area contributed by atoms with Crippen LogP contribution in [0.3, 0.4) is 0 Å². The van der Waals surface area contributed by atoms with E-state index in [9.17, 15) is 23.3 Å². The molecule has 2 N–H and O–H groups in total. The highest BCUT2D eigenvalue weighted by Crippen LogP contribution is 2.36. The Balaban J connectivity index is 2.07. The maximum atomic E-state index is 12.7. The molecule has 26 heavy (non-hydrogen) atoms. The van der Waals surface area contributed by atoms with E-state index in [2.05, 4.69) is 10.2 Å². The van der Waals surface area contributed by atoms with E-state index in [-0.39, 0.29) is 10.7 Å². The molecule has 0 fully saturated rings. The maximum absolute atomic E-state index is 12.7. The quantitative estimate of drug-likeness (QED) is 0.363. The summed E-state index contributed by atoms with van der Waals surface area (Å²) >= 11 is 1.24. The Morgan fingerprint density at radius 3 is 2.54 bits per heavy atom. The van der Waals surface area contributed by atoms with Crippen molar-refractivity contribution in [3.8, 4) is 0 Å². The SMILES string of the molecule is NC(=NN=Cc1ccc(C(F)(F)F)c([N+](=O)[O-])c1)SCc1ccccc1. The molecule has 0 aromatic heterocycles. The van der Waals surface area contributed by atoms with Gasteiger partial charge >= 0.3 is 6.18 Å². The van der Waals surface area contributed by atoms with Crippen LogP contribution in [0.25, 0.3) is 0 Å². The number of thioether (sulfide) groups is 1. The fourth-order valence-electron chi connectivity index (χ4n) is 1.93. The van der Waals surface area contributed by atoms with Gasteiger partial charge in [-0.05, 0) is 11.6 Å². The first-order valence-electron chi connectivity index (χ1n) is 7.16. The lowest BCUT2D eigenvalue weighted by Gasteiger charge is -2.07. The van der Waals surface area contributed by atoms with E-state index < -0.39 is 22.4 Å². The number of hydrogen-bond donors (Lipinski definition) is 1. The molecule has 2 aromatic carbocycles. The molecular weight excluding hydrogens is 369 g/mol. The molecule has 10 heteroatoms. The summed E-state index contributed by atoms with van der Waals surface area (Å²) in [6.07, 6.45) is -3.71. The van der Waals surface area contributed by atoms with Crippen molar-refractivity contribution in [3.63, 3.8) is 0 Å². The lowest BCUT2D eigenvalue weighted by atomic mass is 10.1. The topological polar surface area (TPSA) is 93.9 Å². The van der Waals surface area contributed by atoms with Gasteiger partial charge in [0.15, 0.2) is 5.17 Å². The lowest BCUT2D eigenvalue weighted by molar-refractivity contribution is -0.388. The molecule has 0 saturated carbocycles. The highest BCUT2D eigenvalue weighted by Gasteiger charge is 2.38. The van der Waals surface area contributed by atoms with Gasteiger partial charge in [-0.2, -0.15) is 18.3 Å². The summed E-state index contributed by atoms with van der Waals surface area (Å²) in [5.74, 6) is 0.581. The fraction of sp³-hybridized carbons (Fsp3) is 0.125. The number of rotatable bonds is 5. The zero-order valence-corrected chi connectivity index (χ0v) is 14.0. The Kier molecular flexibility index (Phi) is 6.34. The molecule has 0 saturated heterocycles. The van der Waals surface area contributed by atoms with Crippen LogP contribution in [0, 0.1) is 10.1 Å². The molecule has 0 aliphatic rings. The number of amidine groups is 1. The van der Waals surface area contributed by atoms with E-state index in [0.717, 1.165) is 23.9 Å². The van der Waals surface area contributed by atoms with Crippen molar-refractivity contribution in [2.75, 3.05) is 0 Å². The third-order valence-corrected chi connectivity index (χ3v) is 3.97. The van der Waals surface area contributed by atoms with E-state index >= 15 is 0 Å². The Hall–Kier alpha value is -2.88. The molecule has 6 nitrogen and oxygen atoms in total. The average Bonchev–Trinajstić information content (AvgIpc) is 2.60. The van der Waals surface area contributed by atoms with Crippen molar-refractivity contribution < 1.29 is 18.1 Å². The van der Waals surface area contributed by atoms with Gasteiger partial charge in [-0.3, -0.25) is 10.1 Å². The Bertz CT molecular complexity index is 839. The molecule has 0 unspecified atom stereocenters. The summed E-state index contributed by atoms with van der Waals surface area (Å²) in [5, 5.41) is 18.4. The van der Waals surface area contributed by atoms with Crippen LogP contribution in [0.15, 0.2) is 58.7 Å². The molecule has 2 rings (SSSR count). The minimum Gasteiger partial charge on any atom is -0.377 e. The summed E-state index contributed by atoms with van der Waals surface area (Å²) in [6, 6.07) is 12.0. The third kappa shape index (κ3) is 5.59. The molecule has 0 heterocycles. The first-order valence-corrected chi connectivity index (χ1v) is 8.15. The monoisotopic (exact) mass is 382 g/mol. The van der Waals surface area contributed by atoms with E-state index in [4.69, 9.17) is 5.73 Å².